The lowest BCUT2D eigenvalue weighted by atomic mass is 10.0. The molecule has 1 N–H and O–H groups in total. The lowest BCUT2D eigenvalue weighted by Crippen LogP contribution is -2.42. The van der Waals surface area contributed by atoms with Gasteiger partial charge in [0, 0.05) is 26.7 Å². The van der Waals surface area contributed by atoms with Crippen LogP contribution in [0.3, 0.4) is 0 Å². The average Bonchev–Trinajstić information content (AvgIpc) is 2.77. The smallest absolute Gasteiger partial charge is 0.410 e. The minimum atomic E-state index is -0.622. The monoisotopic (exact) mass is 460 g/mol. The molecule has 0 atom stereocenters. The number of hydrogen-bond acceptors (Lipinski definition) is 5. The second-order valence-electron chi connectivity index (χ2n) is 8.75. The van der Waals surface area contributed by atoms with Crippen LogP contribution in [0.2, 0.25) is 0 Å². The maximum absolute atomic E-state index is 13.5. The summed E-state index contributed by atoms with van der Waals surface area (Å²) in [6.07, 6.45) is -0.613. The fourth-order valence-corrected chi connectivity index (χ4v) is 3.05. The zero-order valence-corrected chi connectivity index (χ0v) is 19.7. The van der Waals surface area contributed by atoms with Crippen LogP contribution in [0.5, 0.6) is 0 Å². The van der Waals surface area contributed by atoms with Crippen LogP contribution in [0, 0.1) is 5.82 Å². The highest BCUT2D eigenvalue weighted by Crippen LogP contribution is 2.14. The molecule has 0 aliphatic heterocycles. The summed E-state index contributed by atoms with van der Waals surface area (Å²) in [7, 11) is 1.60. The third-order valence-electron chi connectivity index (χ3n) is 4.86. The van der Waals surface area contributed by atoms with Crippen LogP contribution in [0.4, 0.5) is 14.0 Å². The standard InChI is InChI=1S/C25H33FN2O5/c1-25(2,3)33-23(30)27(4)14-15-28(24(31)32-18-19-8-6-5-7-9-19)13-12-20-10-11-22(26)16-21(20)17-29/h5-11,16,29H,12-15,17-18H2,1-4H3. The van der Waals surface area contributed by atoms with Crippen molar-refractivity contribution in [1.82, 2.24) is 9.80 Å². The van der Waals surface area contributed by atoms with Crippen molar-refractivity contribution < 1.29 is 28.6 Å². The van der Waals surface area contributed by atoms with E-state index in [9.17, 15) is 19.1 Å². The molecule has 0 saturated heterocycles. The van der Waals surface area contributed by atoms with Crippen molar-refractivity contribution in [2.75, 3.05) is 26.7 Å². The van der Waals surface area contributed by atoms with Gasteiger partial charge in [-0.3, -0.25) is 0 Å². The number of carbonyl (C=O) groups is 2. The molecule has 33 heavy (non-hydrogen) atoms. The first-order valence-corrected chi connectivity index (χ1v) is 10.9. The van der Waals surface area contributed by atoms with E-state index < -0.39 is 23.6 Å². The van der Waals surface area contributed by atoms with Crippen LogP contribution in [-0.4, -0.2) is 59.4 Å². The summed E-state index contributed by atoms with van der Waals surface area (Å²) < 4.78 is 24.3. The molecule has 0 spiro atoms. The molecule has 0 saturated carbocycles. The van der Waals surface area contributed by atoms with Crippen LogP contribution in [-0.2, 0) is 29.1 Å². The van der Waals surface area contributed by atoms with E-state index in [1.54, 1.807) is 33.9 Å². The highest BCUT2D eigenvalue weighted by atomic mass is 19.1. The van der Waals surface area contributed by atoms with Gasteiger partial charge in [0.15, 0.2) is 0 Å². The molecule has 0 heterocycles. The summed E-state index contributed by atoms with van der Waals surface area (Å²) in [5, 5.41) is 9.53. The predicted octanol–water partition coefficient (Wildman–Crippen LogP) is 4.37. The molecule has 2 aromatic carbocycles. The molecule has 0 aliphatic rings. The molecule has 0 fully saturated rings. The van der Waals surface area contributed by atoms with Crippen molar-refractivity contribution in [3.8, 4) is 0 Å². The van der Waals surface area contributed by atoms with Crippen molar-refractivity contribution in [2.45, 2.75) is 46.0 Å². The molecule has 2 amide bonds. The number of carbonyl (C=O) groups excluding carboxylic acids is 2. The molecule has 0 aromatic heterocycles. The Labute approximate surface area is 194 Å². The SMILES string of the molecule is CN(CCN(CCc1ccc(F)cc1CO)C(=O)OCc1ccccc1)C(=O)OC(C)(C)C. The second-order valence-corrected chi connectivity index (χ2v) is 8.75. The number of likely N-dealkylation sites (N-methyl/N-ethyl adjacent to an activating group) is 1. The molecule has 7 nitrogen and oxygen atoms in total. The summed E-state index contributed by atoms with van der Waals surface area (Å²) in [5.41, 5.74) is 1.44. The Morgan fingerprint density at radius 2 is 1.67 bits per heavy atom. The molecule has 2 aromatic rings. The van der Waals surface area contributed by atoms with E-state index in [0.29, 0.717) is 12.0 Å². The highest BCUT2D eigenvalue weighted by molar-refractivity contribution is 5.69. The predicted molar refractivity (Wildman–Crippen MR) is 123 cm³/mol. The first kappa shape index (κ1) is 26.1. The van der Waals surface area contributed by atoms with E-state index >= 15 is 0 Å². The third kappa shape index (κ3) is 9.10. The molecule has 2 rings (SSSR count). The minimum Gasteiger partial charge on any atom is -0.445 e. The summed E-state index contributed by atoms with van der Waals surface area (Å²) in [5.74, 6) is -0.430. The van der Waals surface area contributed by atoms with E-state index in [0.717, 1.165) is 11.1 Å². The van der Waals surface area contributed by atoms with Crippen molar-refractivity contribution in [3.63, 3.8) is 0 Å². The quantitative estimate of drug-likeness (QED) is 0.601. The van der Waals surface area contributed by atoms with Crippen molar-refractivity contribution in [1.29, 1.82) is 0 Å². The first-order valence-electron chi connectivity index (χ1n) is 10.9. The van der Waals surface area contributed by atoms with Gasteiger partial charge in [0.1, 0.15) is 18.0 Å². The zero-order valence-electron chi connectivity index (χ0n) is 19.7. The van der Waals surface area contributed by atoms with E-state index in [2.05, 4.69) is 0 Å². The molecule has 0 radical (unpaired) electrons. The van der Waals surface area contributed by atoms with Gasteiger partial charge in [0.25, 0.3) is 0 Å². The fourth-order valence-electron chi connectivity index (χ4n) is 3.05. The van der Waals surface area contributed by atoms with Gasteiger partial charge in [-0.1, -0.05) is 36.4 Å². The van der Waals surface area contributed by atoms with Crippen LogP contribution in [0.25, 0.3) is 0 Å². The van der Waals surface area contributed by atoms with Gasteiger partial charge < -0.3 is 24.4 Å². The number of benzene rings is 2. The number of ether oxygens (including phenoxy) is 2. The summed E-state index contributed by atoms with van der Waals surface area (Å²) >= 11 is 0. The molecule has 0 bridgehead atoms. The van der Waals surface area contributed by atoms with Crippen LogP contribution in [0.1, 0.15) is 37.5 Å². The number of aliphatic hydroxyl groups excluding tert-OH is 1. The van der Waals surface area contributed by atoms with E-state index in [1.165, 1.54) is 21.9 Å². The number of hydrogen-bond donors (Lipinski definition) is 1. The molecule has 180 valence electrons. The van der Waals surface area contributed by atoms with Gasteiger partial charge in [-0.2, -0.15) is 0 Å². The van der Waals surface area contributed by atoms with E-state index in [1.807, 2.05) is 30.3 Å². The van der Waals surface area contributed by atoms with Crippen LogP contribution >= 0.6 is 0 Å². The molecule has 0 unspecified atom stereocenters. The Hall–Kier alpha value is -3.13. The van der Waals surface area contributed by atoms with Crippen molar-refractivity contribution in [2.24, 2.45) is 0 Å². The minimum absolute atomic E-state index is 0.122. The molecule has 0 aliphatic carbocycles. The topological polar surface area (TPSA) is 79.3 Å². The van der Waals surface area contributed by atoms with Gasteiger partial charge >= 0.3 is 12.2 Å². The van der Waals surface area contributed by atoms with Crippen LogP contribution in [0.15, 0.2) is 48.5 Å². The summed E-state index contributed by atoms with van der Waals surface area (Å²) in [6.45, 7) is 5.91. The average molecular weight is 461 g/mol. The van der Waals surface area contributed by atoms with Crippen LogP contribution < -0.4 is 0 Å². The fraction of sp³-hybridized carbons (Fsp3) is 0.440. The number of amides is 2. The highest BCUT2D eigenvalue weighted by Gasteiger charge is 2.22. The lowest BCUT2D eigenvalue weighted by molar-refractivity contribution is 0.0275. The largest absolute Gasteiger partial charge is 0.445 e. The Balaban J connectivity index is 2.05. The van der Waals surface area contributed by atoms with Gasteiger partial charge in [-0.15, -0.1) is 0 Å². The Morgan fingerprint density at radius 3 is 2.30 bits per heavy atom. The van der Waals surface area contributed by atoms with Gasteiger partial charge in [-0.25, -0.2) is 14.0 Å². The number of halogens is 1. The zero-order chi connectivity index (χ0) is 24.4. The molecule has 8 heteroatoms. The first-order chi connectivity index (χ1) is 15.6. The number of aliphatic hydroxyl groups is 1. The molecular weight excluding hydrogens is 427 g/mol. The van der Waals surface area contributed by atoms with Gasteiger partial charge in [0.2, 0.25) is 0 Å². The third-order valence-corrected chi connectivity index (χ3v) is 4.86. The van der Waals surface area contributed by atoms with Gasteiger partial charge in [0.05, 0.1) is 6.61 Å². The van der Waals surface area contributed by atoms with Gasteiger partial charge in [-0.05, 0) is 56.0 Å². The van der Waals surface area contributed by atoms with E-state index in [-0.39, 0.29) is 32.8 Å². The second kappa shape index (κ2) is 12.2. The van der Waals surface area contributed by atoms with E-state index in [4.69, 9.17) is 9.47 Å². The van der Waals surface area contributed by atoms with Crippen molar-refractivity contribution in [3.05, 3.63) is 71.0 Å². The Bertz CT molecular complexity index is 915. The lowest BCUT2D eigenvalue weighted by Gasteiger charge is -2.27. The Morgan fingerprint density at radius 1 is 0.970 bits per heavy atom. The number of rotatable bonds is 9. The Kier molecular flexibility index (Phi) is 9.66. The molecular formula is C25H33FN2O5. The number of nitrogens with zero attached hydrogens (tertiary/aromatic N) is 2. The normalized spacial score (nSPS) is 11.1. The summed E-state index contributed by atoms with van der Waals surface area (Å²) in [4.78, 5) is 28.0. The summed E-state index contributed by atoms with van der Waals surface area (Å²) in [6, 6.07) is 13.5. The maximum Gasteiger partial charge on any atom is 0.410 e. The van der Waals surface area contributed by atoms with Crippen molar-refractivity contribution >= 4 is 12.2 Å². The maximum atomic E-state index is 13.5.